The van der Waals surface area contributed by atoms with Gasteiger partial charge in [0.05, 0.1) is 18.5 Å². The van der Waals surface area contributed by atoms with Gasteiger partial charge in [-0.1, -0.05) is 18.2 Å². The Kier molecular flexibility index (Phi) is 6.52. The molecule has 0 amide bonds. The molecule has 3 unspecified atom stereocenters. The standard InChI is InChI=1S/C15H22F2O2S/c1-20-13-9-18-15(19-10-13)5-3-2-4-11-6-7-12(16)8-14(11)17/h2-5,11-15H,6-10H2,1H3/b4-2+,5-3+. The van der Waals surface area contributed by atoms with Crippen molar-refractivity contribution in [2.24, 2.45) is 5.92 Å². The molecule has 0 N–H and O–H groups in total. The molecule has 2 aliphatic rings. The molecular weight excluding hydrogens is 282 g/mol. The van der Waals surface area contributed by atoms with Gasteiger partial charge in [-0.05, 0) is 25.2 Å². The second-order valence-corrected chi connectivity index (χ2v) is 6.39. The fraction of sp³-hybridized carbons (Fsp3) is 0.733. The predicted molar refractivity (Wildman–Crippen MR) is 78.4 cm³/mol. The monoisotopic (exact) mass is 304 g/mol. The number of alkyl halides is 2. The average Bonchev–Trinajstić information content (AvgIpc) is 2.46. The smallest absolute Gasteiger partial charge is 0.177 e. The van der Waals surface area contributed by atoms with Crippen LogP contribution in [0, 0.1) is 5.92 Å². The second kappa shape index (κ2) is 8.15. The lowest BCUT2D eigenvalue weighted by atomic mass is 9.86. The molecule has 0 spiro atoms. The zero-order valence-corrected chi connectivity index (χ0v) is 12.5. The quantitative estimate of drug-likeness (QED) is 0.738. The Morgan fingerprint density at radius 1 is 1.05 bits per heavy atom. The Balaban J connectivity index is 1.71. The fourth-order valence-corrected chi connectivity index (χ4v) is 2.85. The number of hydrogen-bond acceptors (Lipinski definition) is 3. The van der Waals surface area contributed by atoms with Gasteiger partial charge in [0.25, 0.3) is 0 Å². The highest BCUT2D eigenvalue weighted by Crippen LogP contribution is 2.29. The molecular formula is C15H22F2O2S. The summed E-state index contributed by atoms with van der Waals surface area (Å²) >= 11 is 1.73. The van der Waals surface area contributed by atoms with Crippen molar-refractivity contribution >= 4 is 11.8 Å². The molecule has 2 fully saturated rings. The first-order chi connectivity index (χ1) is 9.69. The van der Waals surface area contributed by atoms with Crippen molar-refractivity contribution in [1.29, 1.82) is 0 Å². The van der Waals surface area contributed by atoms with Crippen LogP contribution < -0.4 is 0 Å². The minimum Gasteiger partial charge on any atom is -0.348 e. The zero-order chi connectivity index (χ0) is 14.4. The van der Waals surface area contributed by atoms with Gasteiger partial charge in [-0.2, -0.15) is 11.8 Å². The van der Waals surface area contributed by atoms with E-state index in [1.54, 1.807) is 11.8 Å². The van der Waals surface area contributed by atoms with E-state index in [2.05, 4.69) is 0 Å². The Hall–Kier alpha value is -0.390. The van der Waals surface area contributed by atoms with Gasteiger partial charge in [0.1, 0.15) is 12.3 Å². The number of halogens is 2. The van der Waals surface area contributed by atoms with E-state index in [1.165, 1.54) is 0 Å². The number of allylic oxidation sites excluding steroid dienone is 3. The van der Waals surface area contributed by atoms with Crippen molar-refractivity contribution in [3.05, 3.63) is 24.3 Å². The third kappa shape index (κ3) is 4.86. The largest absolute Gasteiger partial charge is 0.348 e. The third-order valence-electron chi connectivity index (χ3n) is 3.72. The van der Waals surface area contributed by atoms with Gasteiger partial charge in [-0.25, -0.2) is 8.78 Å². The molecule has 1 heterocycles. The highest BCUT2D eigenvalue weighted by Gasteiger charge is 2.28. The van der Waals surface area contributed by atoms with Crippen LogP contribution in [0.25, 0.3) is 0 Å². The van der Waals surface area contributed by atoms with Crippen LogP contribution in [0.4, 0.5) is 8.78 Å². The van der Waals surface area contributed by atoms with E-state index in [0.717, 1.165) is 0 Å². The third-order valence-corrected chi connectivity index (χ3v) is 4.66. The highest BCUT2D eigenvalue weighted by atomic mass is 32.2. The van der Waals surface area contributed by atoms with Gasteiger partial charge < -0.3 is 9.47 Å². The highest BCUT2D eigenvalue weighted by molar-refractivity contribution is 7.99. The van der Waals surface area contributed by atoms with E-state index in [1.807, 2.05) is 30.6 Å². The summed E-state index contributed by atoms with van der Waals surface area (Å²) in [5, 5.41) is 0.401. The van der Waals surface area contributed by atoms with Crippen molar-refractivity contribution in [3.63, 3.8) is 0 Å². The summed E-state index contributed by atoms with van der Waals surface area (Å²) < 4.78 is 37.6. The number of hydrogen-bond donors (Lipinski definition) is 0. The van der Waals surface area contributed by atoms with Crippen LogP contribution in [0.15, 0.2) is 24.3 Å². The maximum atomic E-state index is 13.6. The van der Waals surface area contributed by atoms with E-state index in [4.69, 9.17) is 9.47 Å². The first kappa shape index (κ1) is 16.0. The SMILES string of the molecule is CSC1COC(/C=C/C=C/C2CCC(F)CC2F)OC1. The summed E-state index contributed by atoms with van der Waals surface area (Å²) in [5.41, 5.74) is 0. The lowest BCUT2D eigenvalue weighted by molar-refractivity contribution is -0.146. The molecule has 0 aromatic carbocycles. The lowest BCUT2D eigenvalue weighted by Crippen LogP contribution is -2.32. The summed E-state index contributed by atoms with van der Waals surface area (Å²) in [6.45, 7) is 1.37. The Labute approximate surface area is 123 Å². The molecule has 2 nitrogen and oxygen atoms in total. The van der Waals surface area contributed by atoms with Gasteiger partial charge in [-0.3, -0.25) is 0 Å². The maximum absolute atomic E-state index is 13.6. The minimum atomic E-state index is -1.06. The van der Waals surface area contributed by atoms with Crippen molar-refractivity contribution in [3.8, 4) is 0 Å². The van der Waals surface area contributed by atoms with Crippen LogP contribution >= 0.6 is 11.8 Å². The molecule has 20 heavy (non-hydrogen) atoms. The Morgan fingerprint density at radius 3 is 2.40 bits per heavy atom. The van der Waals surface area contributed by atoms with Crippen LogP contribution in [0.1, 0.15) is 19.3 Å². The summed E-state index contributed by atoms with van der Waals surface area (Å²) in [4.78, 5) is 0. The molecule has 5 heteroatoms. The number of ether oxygens (including phenoxy) is 2. The predicted octanol–water partition coefficient (Wildman–Crippen LogP) is 3.68. The summed E-state index contributed by atoms with van der Waals surface area (Å²) in [6.07, 6.45) is 8.03. The topological polar surface area (TPSA) is 18.5 Å². The van der Waals surface area contributed by atoms with Gasteiger partial charge in [0, 0.05) is 12.3 Å². The first-order valence-corrected chi connectivity index (χ1v) is 8.37. The Bertz CT molecular complexity index is 341. The molecule has 0 radical (unpaired) electrons. The fourth-order valence-electron chi connectivity index (χ4n) is 2.42. The van der Waals surface area contributed by atoms with Gasteiger partial charge >= 0.3 is 0 Å². The molecule has 3 atom stereocenters. The van der Waals surface area contributed by atoms with Crippen molar-refractivity contribution < 1.29 is 18.3 Å². The van der Waals surface area contributed by atoms with Gasteiger partial charge in [-0.15, -0.1) is 0 Å². The second-order valence-electron chi connectivity index (χ2n) is 5.25. The van der Waals surface area contributed by atoms with Crippen molar-refractivity contribution in [2.75, 3.05) is 19.5 Å². The molecule has 0 aromatic rings. The first-order valence-electron chi connectivity index (χ1n) is 7.08. The van der Waals surface area contributed by atoms with Crippen LogP contribution in [0.5, 0.6) is 0 Å². The number of thioether (sulfide) groups is 1. The molecule has 1 aliphatic heterocycles. The van der Waals surface area contributed by atoms with Crippen LogP contribution in [-0.4, -0.2) is 43.4 Å². The summed E-state index contributed by atoms with van der Waals surface area (Å²) in [7, 11) is 0. The van der Waals surface area contributed by atoms with Crippen molar-refractivity contribution in [2.45, 2.75) is 43.1 Å². The van der Waals surface area contributed by atoms with E-state index in [9.17, 15) is 8.78 Å². The summed E-state index contributed by atoms with van der Waals surface area (Å²) in [6, 6.07) is 0. The molecule has 1 saturated carbocycles. The van der Waals surface area contributed by atoms with E-state index in [-0.39, 0.29) is 18.6 Å². The zero-order valence-electron chi connectivity index (χ0n) is 11.7. The van der Waals surface area contributed by atoms with E-state index >= 15 is 0 Å². The molecule has 0 aromatic heterocycles. The normalized spacial score (nSPS) is 39.6. The molecule has 2 rings (SSSR count). The maximum Gasteiger partial charge on any atom is 0.177 e. The van der Waals surface area contributed by atoms with Crippen molar-refractivity contribution in [1.82, 2.24) is 0 Å². The number of rotatable bonds is 4. The van der Waals surface area contributed by atoms with Gasteiger partial charge in [0.15, 0.2) is 6.29 Å². The van der Waals surface area contributed by atoms with Crippen LogP contribution in [0.2, 0.25) is 0 Å². The van der Waals surface area contributed by atoms with E-state index < -0.39 is 12.3 Å². The van der Waals surface area contributed by atoms with E-state index in [0.29, 0.717) is 31.3 Å². The molecule has 114 valence electrons. The lowest BCUT2D eigenvalue weighted by Gasteiger charge is -2.26. The minimum absolute atomic E-state index is 0.0314. The molecule has 1 aliphatic carbocycles. The van der Waals surface area contributed by atoms with Gasteiger partial charge in [0.2, 0.25) is 0 Å². The van der Waals surface area contributed by atoms with Crippen LogP contribution in [0.3, 0.4) is 0 Å². The van der Waals surface area contributed by atoms with Crippen LogP contribution in [-0.2, 0) is 9.47 Å². The average molecular weight is 304 g/mol. The Morgan fingerprint density at radius 2 is 1.75 bits per heavy atom. The molecule has 1 saturated heterocycles. The summed E-state index contributed by atoms with van der Waals surface area (Å²) in [5.74, 6) is -0.166. The molecule has 0 bridgehead atoms.